The molecule has 5 nitrogen and oxygen atoms in total. The van der Waals surface area contributed by atoms with Crippen LogP contribution in [0.2, 0.25) is 0 Å². The molecule has 20 heavy (non-hydrogen) atoms. The minimum Gasteiger partial charge on any atom is -0.486 e. The van der Waals surface area contributed by atoms with Crippen molar-refractivity contribution < 1.29 is 22.8 Å². The summed E-state index contributed by atoms with van der Waals surface area (Å²) in [4.78, 5) is 9.98. The van der Waals surface area contributed by atoms with Crippen LogP contribution in [-0.2, 0) is 6.18 Å². The standard InChI is InChI=1S/C12H13F3N2O3/c13-12(14,15)9-1-2-11(10(5-9)17(18)19)20-7-8-3-4-16-6-8/h1-2,5,8,16H,3-4,6-7H2. The number of rotatable bonds is 4. The smallest absolute Gasteiger partial charge is 0.416 e. The third-order valence-corrected chi connectivity index (χ3v) is 3.12. The van der Waals surface area contributed by atoms with Crippen molar-refractivity contribution in [1.29, 1.82) is 0 Å². The number of nitro groups is 1. The predicted octanol–water partition coefficient (Wildman–Crippen LogP) is 2.60. The second kappa shape index (κ2) is 5.66. The molecule has 110 valence electrons. The fourth-order valence-corrected chi connectivity index (χ4v) is 2.02. The van der Waals surface area contributed by atoms with E-state index >= 15 is 0 Å². The predicted molar refractivity (Wildman–Crippen MR) is 64.6 cm³/mol. The second-order valence-corrected chi connectivity index (χ2v) is 4.61. The summed E-state index contributed by atoms with van der Waals surface area (Å²) in [6, 6.07) is 2.29. The van der Waals surface area contributed by atoms with Crippen molar-refractivity contribution >= 4 is 5.69 Å². The molecule has 1 unspecified atom stereocenters. The maximum Gasteiger partial charge on any atom is 0.416 e. The molecule has 0 aromatic heterocycles. The summed E-state index contributed by atoms with van der Waals surface area (Å²) in [6.45, 7) is 1.84. The normalized spacial score (nSPS) is 19.1. The molecule has 2 rings (SSSR count). The molecule has 8 heteroatoms. The van der Waals surface area contributed by atoms with Crippen molar-refractivity contribution in [2.45, 2.75) is 12.6 Å². The number of hydrogen-bond acceptors (Lipinski definition) is 4. The van der Waals surface area contributed by atoms with Crippen molar-refractivity contribution in [2.24, 2.45) is 5.92 Å². The van der Waals surface area contributed by atoms with Crippen molar-refractivity contribution in [2.75, 3.05) is 19.7 Å². The number of alkyl halides is 3. The lowest BCUT2D eigenvalue weighted by atomic mass is 10.1. The molecule has 0 aliphatic carbocycles. The van der Waals surface area contributed by atoms with Gasteiger partial charge in [0.05, 0.1) is 17.1 Å². The quantitative estimate of drug-likeness (QED) is 0.684. The van der Waals surface area contributed by atoms with Crippen LogP contribution in [0.15, 0.2) is 18.2 Å². The zero-order valence-corrected chi connectivity index (χ0v) is 10.4. The molecule has 1 saturated heterocycles. The van der Waals surface area contributed by atoms with Gasteiger partial charge in [0.1, 0.15) is 0 Å². The molecule has 1 aliphatic heterocycles. The van der Waals surface area contributed by atoms with Gasteiger partial charge in [-0.3, -0.25) is 10.1 Å². The van der Waals surface area contributed by atoms with E-state index in [1.807, 2.05) is 0 Å². The Balaban J connectivity index is 2.17. The lowest BCUT2D eigenvalue weighted by molar-refractivity contribution is -0.386. The van der Waals surface area contributed by atoms with Gasteiger partial charge in [-0.1, -0.05) is 0 Å². The Hall–Kier alpha value is -1.83. The van der Waals surface area contributed by atoms with E-state index in [9.17, 15) is 23.3 Å². The van der Waals surface area contributed by atoms with E-state index < -0.39 is 22.4 Å². The lowest BCUT2D eigenvalue weighted by Crippen LogP contribution is -2.16. The SMILES string of the molecule is O=[N+]([O-])c1cc(C(F)(F)F)ccc1OCC1CCNC1. The summed E-state index contributed by atoms with van der Waals surface area (Å²) in [5.41, 5.74) is -1.72. The van der Waals surface area contributed by atoms with Crippen LogP contribution in [0.1, 0.15) is 12.0 Å². The molecule has 1 atom stereocenters. The van der Waals surface area contributed by atoms with Gasteiger partial charge in [-0.25, -0.2) is 0 Å². The monoisotopic (exact) mass is 290 g/mol. The van der Waals surface area contributed by atoms with Crippen LogP contribution >= 0.6 is 0 Å². The van der Waals surface area contributed by atoms with Gasteiger partial charge in [0, 0.05) is 18.5 Å². The fourth-order valence-electron chi connectivity index (χ4n) is 2.02. The Kier molecular flexibility index (Phi) is 4.12. The van der Waals surface area contributed by atoms with Crippen molar-refractivity contribution in [3.8, 4) is 5.75 Å². The van der Waals surface area contributed by atoms with Crippen LogP contribution in [0.3, 0.4) is 0 Å². The zero-order chi connectivity index (χ0) is 14.8. The first-order chi connectivity index (χ1) is 9.38. The van der Waals surface area contributed by atoms with Crippen LogP contribution in [0.4, 0.5) is 18.9 Å². The molecule has 1 heterocycles. The van der Waals surface area contributed by atoms with Crippen LogP contribution in [0.25, 0.3) is 0 Å². The molecule has 1 aliphatic rings. The van der Waals surface area contributed by atoms with E-state index in [1.54, 1.807) is 0 Å². The fraction of sp³-hybridized carbons (Fsp3) is 0.500. The Bertz CT molecular complexity index is 499. The maximum absolute atomic E-state index is 12.5. The third-order valence-electron chi connectivity index (χ3n) is 3.12. The van der Waals surface area contributed by atoms with E-state index in [0.29, 0.717) is 6.07 Å². The Labute approximate surface area is 112 Å². The molecule has 1 N–H and O–H groups in total. The van der Waals surface area contributed by atoms with Crippen LogP contribution in [0, 0.1) is 16.0 Å². The van der Waals surface area contributed by atoms with Crippen molar-refractivity contribution in [3.63, 3.8) is 0 Å². The summed E-state index contributed by atoms with van der Waals surface area (Å²) in [7, 11) is 0. The summed E-state index contributed by atoms with van der Waals surface area (Å²) in [6.07, 6.45) is -3.73. The van der Waals surface area contributed by atoms with E-state index in [2.05, 4.69) is 5.32 Å². The lowest BCUT2D eigenvalue weighted by Gasteiger charge is -2.12. The van der Waals surface area contributed by atoms with E-state index in [1.165, 1.54) is 0 Å². The first-order valence-electron chi connectivity index (χ1n) is 6.07. The molecule has 0 amide bonds. The van der Waals surface area contributed by atoms with Gasteiger partial charge in [0.15, 0.2) is 5.75 Å². The van der Waals surface area contributed by atoms with E-state index in [4.69, 9.17) is 4.74 Å². The number of halogens is 3. The number of nitrogens with one attached hydrogen (secondary N) is 1. The molecule has 0 spiro atoms. The van der Waals surface area contributed by atoms with Gasteiger partial charge in [-0.15, -0.1) is 0 Å². The van der Waals surface area contributed by atoms with Gasteiger partial charge in [-0.05, 0) is 25.1 Å². The van der Waals surface area contributed by atoms with Gasteiger partial charge >= 0.3 is 11.9 Å². The molecule has 1 aromatic carbocycles. The molecular weight excluding hydrogens is 277 g/mol. The van der Waals surface area contributed by atoms with Crippen molar-refractivity contribution in [1.82, 2.24) is 5.32 Å². The average molecular weight is 290 g/mol. The highest BCUT2D eigenvalue weighted by molar-refractivity contribution is 5.49. The van der Waals surface area contributed by atoms with Crippen LogP contribution < -0.4 is 10.1 Å². The first kappa shape index (κ1) is 14.6. The van der Waals surface area contributed by atoms with Gasteiger partial charge in [-0.2, -0.15) is 13.2 Å². The third kappa shape index (κ3) is 3.38. The maximum atomic E-state index is 12.5. The largest absolute Gasteiger partial charge is 0.486 e. The van der Waals surface area contributed by atoms with Gasteiger partial charge < -0.3 is 10.1 Å². The Morgan fingerprint density at radius 2 is 2.20 bits per heavy atom. The minimum atomic E-state index is -4.61. The zero-order valence-electron chi connectivity index (χ0n) is 10.4. The number of nitro benzene ring substituents is 1. The van der Waals surface area contributed by atoms with Gasteiger partial charge in [0.2, 0.25) is 0 Å². The number of hydrogen-bond donors (Lipinski definition) is 1. The van der Waals surface area contributed by atoms with E-state index in [0.717, 1.165) is 31.6 Å². The number of benzene rings is 1. The molecule has 1 fully saturated rings. The van der Waals surface area contributed by atoms with Crippen LogP contribution in [-0.4, -0.2) is 24.6 Å². The van der Waals surface area contributed by atoms with Crippen LogP contribution in [0.5, 0.6) is 5.75 Å². The minimum absolute atomic E-state index is 0.130. The van der Waals surface area contributed by atoms with Crippen molar-refractivity contribution in [3.05, 3.63) is 33.9 Å². The number of ether oxygens (including phenoxy) is 1. The summed E-state index contributed by atoms with van der Waals surface area (Å²) in [5.74, 6) is 0.0896. The summed E-state index contributed by atoms with van der Waals surface area (Å²) >= 11 is 0. The molecule has 0 radical (unpaired) electrons. The summed E-state index contributed by atoms with van der Waals surface area (Å²) < 4.78 is 42.9. The average Bonchev–Trinajstić information content (AvgIpc) is 2.88. The Morgan fingerprint density at radius 1 is 1.45 bits per heavy atom. The first-order valence-corrected chi connectivity index (χ1v) is 6.07. The summed E-state index contributed by atoms with van der Waals surface area (Å²) in [5, 5.41) is 14.0. The highest BCUT2D eigenvalue weighted by atomic mass is 19.4. The molecular formula is C12H13F3N2O3. The van der Waals surface area contributed by atoms with Gasteiger partial charge in [0.25, 0.3) is 0 Å². The molecule has 0 bridgehead atoms. The topological polar surface area (TPSA) is 64.4 Å². The van der Waals surface area contributed by atoms with E-state index in [-0.39, 0.29) is 18.3 Å². The highest BCUT2D eigenvalue weighted by Crippen LogP contribution is 2.36. The molecule has 1 aromatic rings. The number of nitrogens with zero attached hydrogens (tertiary/aromatic N) is 1. The molecule has 0 saturated carbocycles. The highest BCUT2D eigenvalue weighted by Gasteiger charge is 2.33. The Morgan fingerprint density at radius 3 is 2.75 bits per heavy atom. The second-order valence-electron chi connectivity index (χ2n) is 4.61.